The van der Waals surface area contributed by atoms with Crippen LogP contribution in [0.1, 0.15) is 6.42 Å². The molecule has 0 spiro atoms. The number of halogens is 3. The number of aliphatic carboxylic acids is 1. The third-order valence-corrected chi connectivity index (χ3v) is 3.76. The minimum Gasteiger partial charge on any atom is -0.481 e. The summed E-state index contributed by atoms with van der Waals surface area (Å²) >= 11 is 0. The molecule has 0 bridgehead atoms. The maximum atomic E-state index is 13.3. The lowest BCUT2D eigenvalue weighted by Gasteiger charge is -2.17. The molecule has 0 radical (unpaired) electrons. The summed E-state index contributed by atoms with van der Waals surface area (Å²) in [4.78, 5) is 10.3. The molecule has 0 atom stereocenters. The van der Waals surface area contributed by atoms with Crippen molar-refractivity contribution in [3.05, 3.63) is 29.6 Å². The second-order valence-electron chi connectivity index (χ2n) is 3.82. The van der Waals surface area contributed by atoms with E-state index in [1.807, 2.05) is 0 Å². The second-order valence-corrected chi connectivity index (χ2v) is 5.60. The van der Waals surface area contributed by atoms with E-state index in [-0.39, 0.29) is 12.6 Å². The fourth-order valence-corrected chi connectivity index (χ4v) is 2.13. The van der Waals surface area contributed by atoms with Crippen molar-refractivity contribution >= 4 is 21.9 Å². The average molecular weight is 312 g/mol. The number of carbonyl (C=O) groups is 1. The Morgan fingerprint density at radius 1 is 1.35 bits per heavy atom. The van der Waals surface area contributed by atoms with E-state index in [0.717, 1.165) is 7.05 Å². The minimum absolute atomic E-state index is 0.265. The lowest BCUT2D eigenvalue weighted by Crippen LogP contribution is -2.34. The molecule has 1 aromatic rings. The summed E-state index contributed by atoms with van der Waals surface area (Å²) in [6.07, 6.45) is -0.475. The van der Waals surface area contributed by atoms with Crippen molar-refractivity contribution in [3.63, 3.8) is 0 Å². The number of anilines is 1. The molecule has 112 valence electrons. The summed E-state index contributed by atoms with van der Waals surface area (Å²) in [5.74, 6) is -5.48. The van der Waals surface area contributed by atoms with E-state index < -0.39 is 45.7 Å². The van der Waals surface area contributed by atoms with Crippen LogP contribution in [-0.4, -0.2) is 37.4 Å². The van der Waals surface area contributed by atoms with Crippen molar-refractivity contribution in [1.29, 1.82) is 0 Å². The lowest BCUT2D eigenvalue weighted by atomic mass is 10.3. The first-order valence-electron chi connectivity index (χ1n) is 5.24. The van der Waals surface area contributed by atoms with Crippen LogP contribution in [0.4, 0.5) is 18.9 Å². The molecule has 1 rings (SSSR count). The largest absolute Gasteiger partial charge is 0.481 e. The Kier molecular flexibility index (Phi) is 4.95. The maximum absolute atomic E-state index is 13.3. The molecule has 10 heteroatoms. The second kappa shape index (κ2) is 6.09. The predicted molar refractivity (Wildman–Crippen MR) is 63.7 cm³/mol. The van der Waals surface area contributed by atoms with Gasteiger partial charge in [-0.25, -0.2) is 13.2 Å². The van der Waals surface area contributed by atoms with E-state index in [1.54, 1.807) is 4.72 Å². The van der Waals surface area contributed by atoms with Crippen molar-refractivity contribution < 1.29 is 31.5 Å². The molecule has 0 amide bonds. The fraction of sp³-hybridized carbons (Fsp3) is 0.300. The Bertz CT molecular complexity index is 621. The van der Waals surface area contributed by atoms with Gasteiger partial charge < -0.3 is 5.11 Å². The van der Waals surface area contributed by atoms with Gasteiger partial charge >= 0.3 is 16.2 Å². The highest BCUT2D eigenvalue weighted by atomic mass is 32.2. The van der Waals surface area contributed by atoms with Gasteiger partial charge in [0.25, 0.3) is 0 Å². The zero-order valence-electron chi connectivity index (χ0n) is 10.2. The molecule has 6 nitrogen and oxygen atoms in total. The summed E-state index contributed by atoms with van der Waals surface area (Å²) in [6, 6.07) is 0.738. The summed E-state index contributed by atoms with van der Waals surface area (Å²) in [6.45, 7) is -0.385. The normalized spacial score (nSPS) is 11.7. The number of rotatable bonds is 6. The van der Waals surface area contributed by atoms with Crippen molar-refractivity contribution in [1.82, 2.24) is 4.31 Å². The van der Waals surface area contributed by atoms with Crippen molar-refractivity contribution in [2.75, 3.05) is 18.3 Å². The molecule has 0 aliphatic heterocycles. The van der Waals surface area contributed by atoms with Crippen LogP contribution >= 0.6 is 0 Å². The van der Waals surface area contributed by atoms with Gasteiger partial charge in [0.05, 0.1) is 12.1 Å². The third kappa shape index (κ3) is 4.10. The van der Waals surface area contributed by atoms with Crippen molar-refractivity contribution in [3.8, 4) is 0 Å². The summed E-state index contributed by atoms with van der Waals surface area (Å²) < 4.78 is 64.8. The van der Waals surface area contributed by atoms with E-state index >= 15 is 0 Å². The molecule has 0 saturated carbocycles. The van der Waals surface area contributed by atoms with Crippen LogP contribution in [0, 0.1) is 17.5 Å². The first-order chi connectivity index (χ1) is 9.13. The van der Waals surface area contributed by atoms with E-state index in [4.69, 9.17) is 5.11 Å². The van der Waals surface area contributed by atoms with Gasteiger partial charge in [-0.2, -0.15) is 12.7 Å². The molecule has 0 unspecified atom stereocenters. The molecular formula is C10H11F3N2O4S. The quantitative estimate of drug-likeness (QED) is 0.772. The van der Waals surface area contributed by atoms with E-state index in [0.29, 0.717) is 10.4 Å². The first-order valence-corrected chi connectivity index (χ1v) is 6.68. The minimum atomic E-state index is -4.32. The van der Waals surface area contributed by atoms with Gasteiger partial charge in [-0.1, -0.05) is 0 Å². The molecule has 0 fully saturated rings. The van der Waals surface area contributed by atoms with E-state index in [1.165, 1.54) is 0 Å². The van der Waals surface area contributed by atoms with Crippen molar-refractivity contribution in [2.45, 2.75) is 6.42 Å². The Labute approximate surface area is 113 Å². The van der Waals surface area contributed by atoms with E-state index in [2.05, 4.69) is 0 Å². The number of nitrogens with one attached hydrogen (secondary N) is 1. The smallest absolute Gasteiger partial charge is 0.304 e. The number of hydrogen-bond donors (Lipinski definition) is 2. The molecule has 20 heavy (non-hydrogen) atoms. The predicted octanol–water partition coefficient (Wildman–Crippen LogP) is 1.17. The van der Waals surface area contributed by atoms with E-state index in [9.17, 15) is 26.4 Å². The number of hydrogen-bond acceptors (Lipinski definition) is 3. The Morgan fingerprint density at radius 3 is 2.50 bits per heavy atom. The lowest BCUT2D eigenvalue weighted by molar-refractivity contribution is -0.137. The van der Waals surface area contributed by atoms with Crippen LogP contribution in [0.5, 0.6) is 0 Å². The molecule has 0 aliphatic rings. The molecule has 0 aliphatic carbocycles. The summed E-state index contributed by atoms with van der Waals surface area (Å²) in [5.41, 5.74) is -0.898. The molecular weight excluding hydrogens is 301 g/mol. The van der Waals surface area contributed by atoms with Crippen LogP contribution < -0.4 is 4.72 Å². The van der Waals surface area contributed by atoms with Gasteiger partial charge in [0.1, 0.15) is 5.82 Å². The van der Waals surface area contributed by atoms with Gasteiger partial charge in [-0.05, 0) is 0 Å². The number of carboxylic acid groups (broad SMARTS) is 1. The van der Waals surface area contributed by atoms with Crippen LogP contribution in [-0.2, 0) is 15.0 Å². The van der Waals surface area contributed by atoms with Crippen LogP contribution in [0.3, 0.4) is 0 Å². The molecule has 0 heterocycles. The van der Waals surface area contributed by atoms with Crippen molar-refractivity contribution in [2.24, 2.45) is 0 Å². The average Bonchev–Trinajstić information content (AvgIpc) is 2.31. The number of carboxylic acids is 1. The number of nitrogens with zero attached hydrogens (tertiary/aromatic N) is 1. The first kappa shape index (κ1) is 16.2. The highest BCUT2D eigenvalue weighted by Crippen LogP contribution is 2.20. The summed E-state index contributed by atoms with van der Waals surface area (Å²) in [5, 5.41) is 8.43. The topological polar surface area (TPSA) is 86.7 Å². The maximum Gasteiger partial charge on any atom is 0.304 e. The zero-order valence-corrected chi connectivity index (χ0v) is 11.0. The van der Waals surface area contributed by atoms with Crippen LogP contribution in [0.2, 0.25) is 0 Å². The fourth-order valence-electron chi connectivity index (χ4n) is 1.22. The third-order valence-electron chi connectivity index (χ3n) is 2.28. The molecule has 0 saturated heterocycles. The molecule has 0 aromatic heterocycles. The summed E-state index contributed by atoms with van der Waals surface area (Å²) in [7, 11) is -3.28. The highest BCUT2D eigenvalue weighted by Gasteiger charge is 2.21. The Hall–Kier alpha value is -1.81. The monoisotopic (exact) mass is 312 g/mol. The Morgan fingerprint density at radius 2 is 1.95 bits per heavy atom. The van der Waals surface area contributed by atoms with Gasteiger partial charge in [0.2, 0.25) is 0 Å². The van der Waals surface area contributed by atoms with Crippen LogP contribution in [0.15, 0.2) is 12.1 Å². The Balaban J connectivity index is 2.94. The van der Waals surface area contributed by atoms with Gasteiger partial charge in [0, 0.05) is 25.7 Å². The molecule has 1 aromatic carbocycles. The van der Waals surface area contributed by atoms with Crippen LogP contribution in [0.25, 0.3) is 0 Å². The van der Waals surface area contributed by atoms with Gasteiger partial charge in [0.15, 0.2) is 11.6 Å². The van der Waals surface area contributed by atoms with Gasteiger partial charge in [-0.15, -0.1) is 0 Å². The standard InChI is InChI=1S/C10H11F3N2O4S/c1-15(3-2-9(16)17)20(18,19)14-8-5-6(11)4-7(12)10(8)13/h4-5,14H,2-3H2,1H3,(H,16,17). The number of benzene rings is 1. The molecule has 2 N–H and O–H groups in total. The highest BCUT2D eigenvalue weighted by molar-refractivity contribution is 7.90. The zero-order chi connectivity index (χ0) is 15.5. The SMILES string of the molecule is CN(CCC(=O)O)S(=O)(=O)Nc1cc(F)cc(F)c1F. The van der Waals surface area contributed by atoms with Gasteiger partial charge in [-0.3, -0.25) is 9.52 Å².